The molecule has 1 aromatic heterocycles. The van der Waals surface area contributed by atoms with Gasteiger partial charge in [0.2, 0.25) is 11.6 Å². The van der Waals surface area contributed by atoms with Gasteiger partial charge in [-0.1, -0.05) is 24.3 Å². The molecule has 0 saturated heterocycles. The first kappa shape index (κ1) is 20.2. The maximum absolute atomic E-state index is 11.6. The Hall–Kier alpha value is -3.54. The first-order chi connectivity index (χ1) is 14.1. The van der Waals surface area contributed by atoms with Crippen molar-refractivity contribution in [3.63, 3.8) is 0 Å². The van der Waals surface area contributed by atoms with Crippen LogP contribution in [0.5, 0.6) is 11.5 Å². The quantitative estimate of drug-likeness (QED) is 0.297. The van der Waals surface area contributed by atoms with Gasteiger partial charge in [0.05, 0.1) is 18.9 Å². The van der Waals surface area contributed by atoms with Crippen molar-refractivity contribution in [3.05, 3.63) is 78.4 Å². The van der Waals surface area contributed by atoms with E-state index >= 15 is 0 Å². The third-order valence-corrected chi connectivity index (χ3v) is 4.07. The number of hydrogen-bond donors (Lipinski definition) is 0. The summed E-state index contributed by atoms with van der Waals surface area (Å²) in [7, 11) is 0. The number of benzene rings is 2. The van der Waals surface area contributed by atoms with Gasteiger partial charge < -0.3 is 18.6 Å². The number of esters is 1. The highest BCUT2D eigenvalue weighted by Gasteiger charge is 2.12. The van der Waals surface area contributed by atoms with Gasteiger partial charge in [0.15, 0.2) is 0 Å². The topological polar surface area (TPSA) is 70.8 Å². The van der Waals surface area contributed by atoms with Crippen LogP contribution in [0.2, 0.25) is 0 Å². The highest BCUT2D eigenvalue weighted by molar-refractivity contribution is 5.86. The summed E-state index contributed by atoms with van der Waals surface area (Å²) in [5.41, 5.74) is 1.79. The average Bonchev–Trinajstić information content (AvgIpc) is 3.10. The number of aromatic nitrogens is 1. The van der Waals surface area contributed by atoms with Crippen LogP contribution in [0.4, 0.5) is 0 Å². The molecule has 0 fully saturated rings. The molecule has 0 amide bonds. The largest absolute Gasteiger partial charge is 0.493 e. The minimum absolute atomic E-state index is 0.0735. The SMILES string of the molecule is C=C(Oc1cccc(OCCc2nc(-c3ccccc3)oc2C)c1)C(=O)OCC. The molecular formula is C23H23NO5. The van der Waals surface area contributed by atoms with E-state index in [-0.39, 0.29) is 12.4 Å². The van der Waals surface area contributed by atoms with E-state index in [4.69, 9.17) is 18.6 Å². The fraction of sp³-hybridized carbons (Fsp3) is 0.217. The zero-order valence-electron chi connectivity index (χ0n) is 16.5. The predicted molar refractivity (Wildman–Crippen MR) is 109 cm³/mol. The third-order valence-electron chi connectivity index (χ3n) is 4.07. The molecule has 0 aliphatic heterocycles. The fourth-order valence-electron chi connectivity index (χ4n) is 2.65. The van der Waals surface area contributed by atoms with E-state index in [2.05, 4.69) is 11.6 Å². The zero-order valence-corrected chi connectivity index (χ0v) is 16.5. The monoisotopic (exact) mass is 393 g/mol. The van der Waals surface area contributed by atoms with Crippen molar-refractivity contribution in [2.45, 2.75) is 20.3 Å². The molecule has 1 heterocycles. The molecule has 29 heavy (non-hydrogen) atoms. The second kappa shape index (κ2) is 9.59. The van der Waals surface area contributed by atoms with Gasteiger partial charge in [0.25, 0.3) is 0 Å². The molecule has 3 rings (SSSR count). The molecule has 0 aliphatic carbocycles. The summed E-state index contributed by atoms with van der Waals surface area (Å²) in [4.78, 5) is 16.2. The summed E-state index contributed by atoms with van der Waals surface area (Å²) in [5, 5.41) is 0. The van der Waals surface area contributed by atoms with Gasteiger partial charge in [-0.15, -0.1) is 0 Å². The number of ether oxygens (including phenoxy) is 3. The molecular weight excluding hydrogens is 370 g/mol. The van der Waals surface area contributed by atoms with Crippen molar-refractivity contribution in [3.8, 4) is 23.0 Å². The molecule has 6 heteroatoms. The number of hydrogen-bond acceptors (Lipinski definition) is 6. The van der Waals surface area contributed by atoms with Crippen molar-refractivity contribution in [2.24, 2.45) is 0 Å². The summed E-state index contributed by atoms with van der Waals surface area (Å²) in [6.07, 6.45) is 0.600. The highest BCUT2D eigenvalue weighted by Crippen LogP contribution is 2.23. The Labute approximate surface area is 169 Å². The molecule has 0 spiro atoms. The third kappa shape index (κ3) is 5.48. The Kier molecular flexibility index (Phi) is 6.68. The maximum atomic E-state index is 11.6. The van der Waals surface area contributed by atoms with Gasteiger partial charge in [-0.25, -0.2) is 9.78 Å². The van der Waals surface area contributed by atoms with Crippen molar-refractivity contribution in [1.82, 2.24) is 4.98 Å². The number of nitrogens with zero attached hydrogens (tertiary/aromatic N) is 1. The summed E-state index contributed by atoms with van der Waals surface area (Å²) in [6.45, 7) is 7.88. The number of rotatable bonds is 9. The summed E-state index contributed by atoms with van der Waals surface area (Å²) in [5.74, 6) is 1.78. The Balaban J connectivity index is 1.57. The molecule has 0 radical (unpaired) electrons. The van der Waals surface area contributed by atoms with Crippen LogP contribution in [-0.4, -0.2) is 24.2 Å². The number of aryl methyl sites for hydroxylation is 1. The van der Waals surface area contributed by atoms with Crippen LogP contribution in [0.1, 0.15) is 18.4 Å². The van der Waals surface area contributed by atoms with Gasteiger partial charge in [-0.2, -0.15) is 0 Å². The van der Waals surface area contributed by atoms with Gasteiger partial charge in [0.1, 0.15) is 17.3 Å². The van der Waals surface area contributed by atoms with E-state index in [1.165, 1.54) is 0 Å². The van der Waals surface area contributed by atoms with E-state index in [9.17, 15) is 4.79 Å². The minimum Gasteiger partial charge on any atom is -0.493 e. The first-order valence-electron chi connectivity index (χ1n) is 9.35. The smallest absolute Gasteiger partial charge is 0.373 e. The second-order valence-corrected chi connectivity index (χ2v) is 6.21. The lowest BCUT2D eigenvalue weighted by atomic mass is 10.2. The molecule has 0 unspecified atom stereocenters. The molecule has 0 N–H and O–H groups in total. The van der Waals surface area contributed by atoms with Crippen LogP contribution in [0.15, 0.2) is 71.4 Å². The lowest BCUT2D eigenvalue weighted by molar-refractivity contribution is -0.140. The molecule has 150 valence electrons. The first-order valence-corrected chi connectivity index (χ1v) is 9.35. The predicted octanol–water partition coefficient (Wildman–Crippen LogP) is 4.73. The van der Waals surface area contributed by atoms with Crippen molar-refractivity contribution < 1.29 is 23.4 Å². The number of carbonyl (C=O) groups is 1. The van der Waals surface area contributed by atoms with Gasteiger partial charge >= 0.3 is 5.97 Å². The molecule has 0 atom stereocenters. The lowest BCUT2D eigenvalue weighted by Gasteiger charge is -2.10. The maximum Gasteiger partial charge on any atom is 0.373 e. The fourth-order valence-corrected chi connectivity index (χ4v) is 2.65. The number of oxazole rings is 1. The molecule has 6 nitrogen and oxygen atoms in total. The van der Waals surface area contributed by atoms with E-state index in [0.29, 0.717) is 30.4 Å². The van der Waals surface area contributed by atoms with E-state index < -0.39 is 5.97 Å². The minimum atomic E-state index is -0.588. The standard InChI is InChI=1S/C23H23NO5/c1-4-26-23(25)17(3)28-20-12-8-11-19(15-20)27-14-13-21-16(2)29-22(24-21)18-9-6-5-7-10-18/h5-12,15H,3-4,13-14H2,1-2H3. The Bertz CT molecular complexity index is 978. The Morgan fingerprint density at radius 2 is 1.86 bits per heavy atom. The number of carbonyl (C=O) groups excluding carboxylic acids is 1. The molecule has 3 aromatic rings. The van der Waals surface area contributed by atoms with Crippen LogP contribution in [0.3, 0.4) is 0 Å². The molecule has 2 aromatic carbocycles. The van der Waals surface area contributed by atoms with Gasteiger partial charge in [-0.05, 0) is 44.7 Å². The zero-order chi connectivity index (χ0) is 20.6. The lowest BCUT2D eigenvalue weighted by Crippen LogP contribution is -2.11. The molecule has 0 saturated carbocycles. The van der Waals surface area contributed by atoms with E-state index in [1.54, 1.807) is 25.1 Å². The van der Waals surface area contributed by atoms with Gasteiger partial charge in [-0.3, -0.25) is 0 Å². The summed E-state index contributed by atoms with van der Waals surface area (Å²) < 4.78 is 21.9. The normalized spacial score (nSPS) is 10.4. The molecule has 0 bridgehead atoms. The highest BCUT2D eigenvalue weighted by atomic mass is 16.6. The van der Waals surface area contributed by atoms with Crippen LogP contribution < -0.4 is 9.47 Å². The molecule has 0 aliphatic rings. The van der Waals surface area contributed by atoms with Crippen LogP contribution >= 0.6 is 0 Å². The van der Waals surface area contributed by atoms with Crippen molar-refractivity contribution in [2.75, 3.05) is 13.2 Å². The summed E-state index contributed by atoms with van der Waals surface area (Å²) in [6, 6.07) is 16.8. The Morgan fingerprint density at radius 1 is 1.10 bits per heavy atom. The van der Waals surface area contributed by atoms with E-state index in [0.717, 1.165) is 17.0 Å². The summed E-state index contributed by atoms with van der Waals surface area (Å²) >= 11 is 0. The van der Waals surface area contributed by atoms with Crippen LogP contribution in [-0.2, 0) is 16.0 Å². The van der Waals surface area contributed by atoms with Crippen LogP contribution in [0.25, 0.3) is 11.5 Å². The van der Waals surface area contributed by atoms with Crippen molar-refractivity contribution in [1.29, 1.82) is 0 Å². The average molecular weight is 393 g/mol. The van der Waals surface area contributed by atoms with Crippen molar-refractivity contribution >= 4 is 5.97 Å². The second-order valence-electron chi connectivity index (χ2n) is 6.21. The van der Waals surface area contributed by atoms with Crippen LogP contribution in [0, 0.1) is 6.92 Å². The van der Waals surface area contributed by atoms with E-state index in [1.807, 2.05) is 43.3 Å². The van der Waals surface area contributed by atoms with Gasteiger partial charge in [0, 0.05) is 18.1 Å². The Morgan fingerprint density at radius 3 is 2.62 bits per heavy atom.